The predicted octanol–water partition coefficient (Wildman–Crippen LogP) is 2.39. The highest BCUT2D eigenvalue weighted by Crippen LogP contribution is 2.27. The van der Waals surface area contributed by atoms with Gasteiger partial charge in [0.1, 0.15) is 6.10 Å². The summed E-state index contributed by atoms with van der Waals surface area (Å²) in [6.45, 7) is 3.51. The van der Waals surface area contributed by atoms with Crippen molar-refractivity contribution in [1.29, 1.82) is 0 Å². The number of nitrogens with zero attached hydrogens (tertiary/aromatic N) is 3. The Kier molecular flexibility index (Phi) is 4.39. The number of aromatic nitrogens is 2. The first-order valence-electron chi connectivity index (χ1n) is 8.01. The predicted molar refractivity (Wildman–Crippen MR) is 90.6 cm³/mol. The van der Waals surface area contributed by atoms with E-state index in [-0.39, 0.29) is 12.0 Å². The fourth-order valence-corrected chi connectivity index (χ4v) is 3.30. The number of amides is 1. The molecule has 3 heterocycles. The number of hydrogen-bond acceptors (Lipinski definition) is 4. The van der Waals surface area contributed by atoms with Gasteiger partial charge >= 0.3 is 0 Å². The van der Waals surface area contributed by atoms with Crippen LogP contribution in [0.3, 0.4) is 0 Å². The molecule has 0 saturated carbocycles. The fourth-order valence-electron chi connectivity index (χ4n) is 3.04. The van der Waals surface area contributed by atoms with Crippen LogP contribution in [0.1, 0.15) is 27.8 Å². The molecular weight excluding hydrogens is 374 g/mol. The minimum absolute atomic E-state index is 0.0274. The standard InChI is InChI=1S/C17H18BrN3O3/c18-13-3-1-12(2-4-13)16-10-21-14(11-24-16)9-15(19-21)17(22)20-5-7-23-8-6-20/h1-4,9,16H,5-8,10-11H2/t16-/m1/s1. The molecule has 0 radical (unpaired) electrons. The number of fused-ring (bicyclic) bond motifs is 1. The van der Waals surface area contributed by atoms with E-state index in [1.165, 1.54) is 0 Å². The van der Waals surface area contributed by atoms with E-state index in [1.54, 1.807) is 4.90 Å². The number of carbonyl (C=O) groups excluding carboxylic acids is 1. The number of morpholine rings is 1. The van der Waals surface area contributed by atoms with Crippen molar-refractivity contribution in [2.24, 2.45) is 0 Å². The van der Waals surface area contributed by atoms with Crippen LogP contribution in [0.15, 0.2) is 34.8 Å². The lowest BCUT2D eigenvalue weighted by Crippen LogP contribution is -2.40. The van der Waals surface area contributed by atoms with Gasteiger partial charge in [0.15, 0.2) is 5.69 Å². The number of rotatable bonds is 2. The lowest BCUT2D eigenvalue weighted by Gasteiger charge is -2.26. The molecule has 2 aromatic rings. The van der Waals surface area contributed by atoms with Gasteiger partial charge in [-0.2, -0.15) is 5.10 Å². The Bertz CT molecular complexity index is 738. The first-order valence-corrected chi connectivity index (χ1v) is 8.81. The van der Waals surface area contributed by atoms with Gasteiger partial charge < -0.3 is 14.4 Å². The van der Waals surface area contributed by atoms with E-state index in [2.05, 4.69) is 21.0 Å². The summed E-state index contributed by atoms with van der Waals surface area (Å²) >= 11 is 3.44. The summed E-state index contributed by atoms with van der Waals surface area (Å²) in [5.41, 5.74) is 2.55. The zero-order chi connectivity index (χ0) is 16.5. The number of halogens is 1. The molecular formula is C17H18BrN3O3. The number of hydrogen-bond donors (Lipinski definition) is 0. The molecule has 1 fully saturated rings. The molecule has 0 aliphatic carbocycles. The van der Waals surface area contributed by atoms with Gasteiger partial charge in [0.05, 0.1) is 32.1 Å². The third kappa shape index (κ3) is 3.11. The summed E-state index contributed by atoms with van der Waals surface area (Å²) in [4.78, 5) is 14.4. The average molecular weight is 392 g/mol. The largest absolute Gasteiger partial charge is 0.378 e. The van der Waals surface area contributed by atoms with E-state index < -0.39 is 0 Å². The first kappa shape index (κ1) is 15.8. The van der Waals surface area contributed by atoms with Crippen molar-refractivity contribution in [2.75, 3.05) is 26.3 Å². The molecule has 7 heteroatoms. The van der Waals surface area contributed by atoms with Crippen LogP contribution in [0.25, 0.3) is 0 Å². The van der Waals surface area contributed by atoms with Gasteiger partial charge in [-0.15, -0.1) is 0 Å². The quantitative estimate of drug-likeness (QED) is 0.788. The molecule has 1 atom stereocenters. The summed E-state index contributed by atoms with van der Waals surface area (Å²) in [6.07, 6.45) is -0.0446. The molecule has 4 rings (SSSR count). The number of carbonyl (C=O) groups is 1. The molecule has 0 N–H and O–H groups in total. The fraction of sp³-hybridized carbons (Fsp3) is 0.412. The molecule has 0 spiro atoms. The second-order valence-electron chi connectivity index (χ2n) is 5.96. The Morgan fingerprint density at radius 3 is 2.71 bits per heavy atom. The van der Waals surface area contributed by atoms with Crippen molar-refractivity contribution < 1.29 is 14.3 Å². The number of ether oxygens (including phenoxy) is 2. The molecule has 126 valence electrons. The van der Waals surface area contributed by atoms with Gasteiger partial charge in [0.25, 0.3) is 5.91 Å². The average Bonchev–Trinajstić information content (AvgIpc) is 3.05. The Labute approximate surface area is 148 Å². The van der Waals surface area contributed by atoms with Crippen molar-refractivity contribution in [3.8, 4) is 0 Å². The summed E-state index contributed by atoms with van der Waals surface area (Å²) in [5, 5.41) is 4.51. The molecule has 1 saturated heterocycles. The monoisotopic (exact) mass is 391 g/mol. The van der Waals surface area contributed by atoms with Crippen LogP contribution in [0.2, 0.25) is 0 Å². The third-order valence-corrected chi connectivity index (χ3v) is 4.92. The third-order valence-electron chi connectivity index (χ3n) is 4.39. The maximum atomic E-state index is 12.6. The Morgan fingerprint density at radius 1 is 1.21 bits per heavy atom. The highest BCUT2D eigenvalue weighted by molar-refractivity contribution is 9.10. The van der Waals surface area contributed by atoms with Gasteiger partial charge in [0.2, 0.25) is 0 Å². The zero-order valence-electron chi connectivity index (χ0n) is 13.2. The normalized spacial score (nSPS) is 20.7. The molecule has 1 amide bonds. The summed E-state index contributed by atoms with van der Waals surface area (Å²) < 4.78 is 14.2. The van der Waals surface area contributed by atoms with E-state index in [4.69, 9.17) is 9.47 Å². The number of benzene rings is 1. The smallest absolute Gasteiger partial charge is 0.274 e. The van der Waals surface area contributed by atoms with Crippen LogP contribution >= 0.6 is 15.9 Å². The Balaban J connectivity index is 1.51. The van der Waals surface area contributed by atoms with Crippen LogP contribution in [-0.2, 0) is 22.6 Å². The molecule has 6 nitrogen and oxygen atoms in total. The maximum Gasteiger partial charge on any atom is 0.274 e. The van der Waals surface area contributed by atoms with Crippen molar-refractivity contribution in [3.63, 3.8) is 0 Å². The maximum absolute atomic E-state index is 12.6. The van der Waals surface area contributed by atoms with Crippen LogP contribution in [0.5, 0.6) is 0 Å². The van der Waals surface area contributed by atoms with E-state index in [9.17, 15) is 4.79 Å². The molecule has 0 unspecified atom stereocenters. The van der Waals surface area contributed by atoms with Gasteiger partial charge in [-0.05, 0) is 23.8 Å². The molecule has 2 aliphatic rings. The topological polar surface area (TPSA) is 56.6 Å². The highest BCUT2D eigenvalue weighted by Gasteiger charge is 2.26. The van der Waals surface area contributed by atoms with Crippen molar-refractivity contribution in [2.45, 2.75) is 19.3 Å². The SMILES string of the molecule is O=C(c1cc2n(n1)C[C@H](c1ccc(Br)cc1)OC2)N1CCOCC1. The van der Waals surface area contributed by atoms with E-state index in [0.717, 1.165) is 15.7 Å². The van der Waals surface area contributed by atoms with Crippen LogP contribution < -0.4 is 0 Å². The van der Waals surface area contributed by atoms with Crippen molar-refractivity contribution in [1.82, 2.24) is 14.7 Å². The molecule has 0 bridgehead atoms. The van der Waals surface area contributed by atoms with Gasteiger partial charge in [-0.3, -0.25) is 9.48 Å². The lowest BCUT2D eigenvalue weighted by atomic mass is 10.1. The molecule has 24 heavy (non-hydrogen) atoms. The van der Waals surface area contributed by atoms with Crippen LogP contribution in [-0.4, -0.2) is 46.9 Å². The molecule has 1 aromatic carbocycles. The van der Waals surface area contributed by atoms with E-state index >= 15 is 0 Å². The lowest BCUT2D eigenvalue weighted by molar-refractivity contribution is -0.00127. The Morgan fingerprint density at radius 2 is 1.96 bits per heavy atom. The second-order valence-corrected chi connectivity index (χ2v) is 6.87. The summed E-state index contributed by atoms with van der Waals surface area (Å²) in [7, 11) is 0. The molecule has 2 aliphatic heterocycles. The van der Waals surface area contributed by atoms with Crippen molar-refractivity contribution in [3.05, 3.63) is 51.8 Å². The molecule has 1 aromatic heterocycles. The van der Waals surface area contributed by atoms with Crippen molar-refractivity contribution >= 4 is 21.8 Å². The van der Waals surface area contributed by atoms with E-state index in [0.29, 0.717) is 45.1 Å². The second kappa shape index (κ2) is 6.66. The Hall–Kier alpha value is -1.70. The van der Waals surface area contributed by atoms with Gasteiger partial charge in [-0.25, -0.2) is 0 Å². The van der Waals surface area contributed by atoms with Gasteiger partial charge in [0, 0.05) is 17.6 Å². The highest BCUT2D eigenvalue weighted by atomic mass is 79.9. The summed E-state index contributed by atoms with van der Waals surface area (Å²) in [6, 6.07) is 9.94. The minimum Gasteiger partial charge on any atom is -0.378 e. The van der Waals surface area contributed by atoms with Gasteiger partial charge in [-0.1, -0.05) is 28.1 Å². The minimum atomic E-state index is -0.0446. The summed E-state index contributed by atoms with van der Waals surface area (Å²) in [5.74, 6) is -0.0274. The zero-order valence-corrected chi connectivity index (χ0v) is 14.7. The first-order chi connectivity index (χ1) is 11.7. The van der Waals surface area contributed by atoms with Crippen LogP contribution in [0.4, 0.5) is 0 Å². The van der Waals surface area contributed by atoms with Crippen LogP contribution in [0, 0.1) is 0 Å². The van der Waals surface area contributed by atoms with E-state index in [1.807, 2.05) is 35.0 Å².